The second-order valence-electron chi connectivity index (χ2n) is 4.56. The molecule has 1 aromatic carbocycles. The van der Waals surface area contributed by atoms with Gasteiger partial charge >= 0.3 is 0 Å². The molecule has 0 bridgehead atoms. The highest BCUT2D eigenvalue weighted by Crippen LogP contribution is 2.14. The number of imidazole rings is 1. The summed E-state index contributed by atoms with van der Waals surface area (Å²) in [4.78, 5) is 17.4. The number of hydrazone groups is 1. The van der Waals surface area contributed by atoms with E-state index in [0.29, 0.717) is 0 Å². The smallest absolute Gasteiger partial charge is 0.247 e. The number of para-hydroxylation sites is 2. The molecule has 106 valence electrons. The molecule has 21 heavy (non-hydrogen) atoms. The summed E-state index contributed by atoms with van der Waals surface area (Å²) in [5.41, 5.74) is 4.43. The van der Waals surface area contributed by atoms with Crippen LogP contribution in [0.4, 0.5) is 0 Å². The summed E-state index contributed by atoms with van der Waals surface area (Å²) in [6, 6.07) is 11.7. The number of carbonyl (C=O) groups is 1. The molecular weight excluding hydrogens is 284 g/mol. The third-order valence-electron chi connectivity index (χ3n) is 3.12. The van der Waals surface area contributed by atoms with Crippen LogP contribution in [-0.2, 0) is 18.3 Å². The fraction of sp³-hybridized carbons (Fsp3) is 0.133. The summed E-state index contributed by atoms with van der Waals surface area (Å²) in [6.45, 7) is 0. The summed E-state index contributed by atoms with van der Waals surface area (Å²) in [6.07, 6.45) is 1.84. The number of aryl methyl sites for hydroxylation is 1. The summed E-state index contributed by atoms with van der Waals surface area (Å²) in [5, 5.41) is 5.90. The van der Waals surface area contributed by atoms with Crippen molar-refractivity contribution >= 4 is 34.5 Å². The maximum atomic E-state index is 11.9. The number of fused-ring (bicyclic) bond motifs is 1. The standard InChI is InChI=1S/C15H14N4OS/c1-19-13-7-3-2-6-12(13)17-14(19)9-15(20)18-16-10-11-5-4-8-21-11/h2-8,10H,9H2,1H3,(H,18,20)/b16-10+. The van der Waals surface area contributed by atoms with E-state index in [4.69, 9.17) is 0 Å². The van der Waals surface area contributed by atoms with Gasteiger partial charge in [0.2, 0.25) is 5.91 Å². The number of rotatable bonds is 4. The molecule has 3 rings (SSSR count). The van der Waals surface area contributed by atoms with Crippen molar-refractivity contribution in [2.45, 2.75) is 6.42 Å². The van der Waals surface area contributed by atoms with Crippen molar-refractivity contribution in [2.24, 2.45) is 12.1 Å². The molecule has 0 radical (unpaired) electrons. The first-order valence-electron chi connectivity index (χ1n) is 6.50. The van der Waals surface area contributed by atoms with E-state index in [-0.39, 0.29) is 12.3 Å². The third kappa shape index (κ3) is 3.00. The molecule has 2 aromatic heterocycles. The molecule has 5 nitrogen and oxygen atoms in total. The van der Waals surface area contributed by atoms with Gasteiger partial charge in [-0.1, -0.05) is 18.2 Å². The van der Waals surface area contributed by atoms with Gasteiger partial charge in [-0.3, -0.25) is 4.79 Å². The molecule has 1 amide bonds. The van der Waals surface area contributed by atoms with Crippen LogP contribution in [0.15, 0.2) is 46.9 Å². The van der Waals surface area contributed by atoms with Crippen molar-refractivity contribution in [1.29, 1.82) is 0 Å². The molecule has 1 N–H and O–H groups in total. The number of benzene rings is 1. The maximum Gasteiger partial charge on any atom is 0.247 e. The number of amides is 1. The van der Waals surface area contributed by atoms with Crippen molar-refractivity contribution in [3.63, 3.8) is 0 Å². The number of thiophene rings is 1. The minimum absolute atomic E-state index is 0.179. The Balaban J connectivity index is 1.67. The molecule has 0 fully saturated rings. The van der Waals surface area contributed by atoms with Crippen molar-refractivity contribution < 1.29 is 4.79 Å². The quantitative estimate of drug-likeness (QED) is 0.593. The molecule has 0 aliphatic rings. The highest BCUT2D eigenvalue weighted by Gasteiger charge is 2.10. The van der Waals surface area contributed by atoms with E-state index >= 15 is 0 Å². The molecule has 0 atom stereocenters. The largest absolute Gasteiger partial charge is 0.331 e. The van der Waals surface area contributed by atoms with Gasteiger partial charge in [-0.25, -0.2) is 10.4 Å². The van der Waals surface area contributed by atoms with Gasteiger partial charge in [-0.15, -0.1) is 11.3 Å². The Labute approximate surface area is 125 Å². The van der Waals surface area contributed by atoms with Crippen LogP contribution in [0.3, 0.4) is 0 Å². The molecule has 6 heteroatoms. The molecule has 0 saturated heterocycles. The number of hydrogen-bond acceptors (Lipinski definition) is 4. The average Bonchev–Trinajstić information content (AvgIpc) is 3.09. The monoisotopic (exact) mass is 298 g/mol. The minimum atomic E-state index is -0.179. The summed E-state index contributed by atoms with van der Waals surface area (Å²) < 4.78 is 1.93. The van der Waals surface area contributed by atoms with E-state index in [1.165, 1.54) is 0 Å². The average molecular weight is 298 g/mol. The van der Waals surface area contributed by atoms with Crippen molar-refractivity contribution in [2.75, 3.05) is 0 Å². The molecule has 3 aromatic rings. The van der Waals surface area contributed by atoms with Gasteiger partial charge in [-0.2, -0.15) is 5.10 Å². The predicted molar refractivity (Wildman–Crippen MR) is 84.5 cm³/mol. The van der Waals surface area contributed by atoms with E-state index in [0.717, 1.165) is 21.7 Å². The number of aromatic nitrogens is 2. The Morgan fingerprint density at radius 1 is 1.38 bits per heavy atom. The van der Waals surface area contributed by atoms with Crippen molar-refractivity contribution in [1.82, 2.24) is 15.0 Å². The predicted octanol–water partition coefficient (Wildman–Crippen LogP) is 2.33. The zero-order valence-electron chi connectivity index (χ0n) is 11.5. The Morgan fingerprint density at radius 3 is 3.00 bits per heavy atom. The first-order valence-corrected chi connectivity index (χ1v) is 7.38. The second kappa shape index (κ2) is 5.88. The minimum Gasteiger partial charge on any atom is -0.331 e. The van der Waals surface area contributed by atoms with Crippen LogP contribution in [-0.4, -0.2) is 21.7 Å². The van der Waals surface area contributed by atoms with Gasteiger partial charge in [0.05, 0.1) is 23.7 Å². The molecule has 0 spiro atoms. The van der Waals surface area contributed by atoms with Crippen LogP contribution in [0.5, 0.6) is 0 Å². The summed E-state index contributed by atoms with van der Waals surface area (Å²) in [5.74, 6) is 0.543. The molecule has 0 unspecified atom stereocenters. The van der Waals surface area contributed by atoms with Gasteiger partial charge in [0.15, 0.2) is 0 Å². The van der Waals surface area contributed by atoms with E-state index in [2.05, 4.69) is 15.5 Å². The van der Waals surface area contributed by atoms with Gasteiger partial charge in [0.1, 0.15) is 5.82 Å². The number of nitrogens with zero attached hydrogens (tertiary/aromatic N) is 3. The van der Waals surface area contributed by atoms with E-state index in [1.807, 2.05) is 53.4 Å². The first kappa shape index (κ1) is 13.5. The fourth-order valence-electron chi connectivity index (χ4n) is 2.07. The number of carbonyl (C=O) groups excluding carboxylic acids is 1. The molecule has 0 aliphatic carbocycles. The number of nitrogens with one attached hydrogen (secondary N) is 1. The summed E-state index contributed by atoms with van der Waals surface area (Å²) in [7, 11) is 1.91. The van der Waals surface area contributed by atoms with Crippen LogP contribution in [0.1, 0.15) is 10.7 Å². The Bertz CT molecular complexity index is 789. The number of hydrogen-bond donors (Lipinski definition) is 1. The Kier molecular flexibility index (Phi) is 3.79. The molecular formula is C15H14N4OS. The Morgan fingerprint density at radius 2 is 2.24 bits per heavy atom. The summed E-state index contributed by atoms with van der Waals surface area (Å²) >= 11 is 1.57. The second-order valence-corrected chi connectivity index (χ2v) is 5.54. The molecule has 0 saturated carbocycles. The van der Waals surface area contributed by atoms with Crippen LogP contribution in [0.2, 0.25) is 0 Å². The molecule has 2 heterocycles. The SMILES string of the molecule is Cn1c(CC(=O)N/N=C/c2cccs2)nc2ccccc21. The lowest BCUT2D eigenvalue weighted by atomic mass is 10.3. The Hall–Kier alpha value is -2.47. The molecule has 0 aliphatic heterocycles. The lowest BCUT2D eigenvalue weighted by Gasteiger charge is -2.01. The van der Waals surface area contributed by atoms with Gasteiger partial charge < -0.3 is 4.57 Å². The van der Waals surface area contributed by atoms with E-state index in [9.17, 15) is 4.79 Å². The van der Waals surface area contributed by atoms with Gasteiger partial charge in [-0.05, 0) is 23.6 Å². The highest BCUT2D eigenvalue weighted by atomic mass is 32.1. The van der Waals surface area contributed by atoms with Gasteiger partial charge in [0.25, 0.3) is 0 Å². The zero-order valence-corrected chi connectivity index (χ0v) is 12.3. The van der Waals surface area contributed by atoms with Crippen LogP contribution in [0, 0.1) is 0 Å². The van der Waals surface area contributed by atoms with Gasteiger partial charge in [0, 0.05) is 11.9 Å². The third-order valence-corrected chi connectivity index (χ3v) is 3.93. The van der Waals surface area contributed by atoms with Crippen LogP contribution < -0.4 is 5.43 Å². The van der Waals surface area contributed by atoms with Crippen LogP contribution in [0.25, 0.3) is 11.0 Å². The highest BCUT2D eigenvalue weighted by molar-refractivity contribution is 7.11. The lowest BCUT2D eigenvalue weighted by molar-refractivity contribution is -0.120. The first-order chi connectivity index (χ1) is 10.2. The topological polar surface area (TPSA) is 59.3 Å². The maximum absolute atomic E-state index is 11.9. The van der Waals surface area contributed by atoms with Crippen molar-refractivity contribution in [3.8, 4) is 0 Å². The fourth-order valence-corrected chi connectivity index (χ4v) is 2.65. The van der Waals surface area contributed by atoms with Crippen LogP contribution >= 0.6 is 11.3 Å². The van der Waals surface area contributed by atoms with E-state index < -0.39 is 0 Å². The normalized spacial score (nSPS) is 11.3. The zero-order chi connectivity index (χ0) is 14.7. The lowest BCUT2D eigenvalue weighted by Crippen LogP contribution is -2.21. The van der Waals surface area contributed by atoms with E-state index in [1.54, 1.807) is 17.6 Å². The van der Waals surface area contributed by atoms with Crippen molar-refractivity contribution in [3.05, 3.63) is 52.5 Å².